The van der Waals surface area contributed by atoms with Crippen molar-refractivity contribution in [1.82, 2.24) is 4.90 Å². The van der Waals surface area contributed by atoms with Gasteiger partial charge in [-0.2, -0.15) is 0 Å². The first-order chi connectivity index (χ1) is 10.2. The van der Waals surface area contributed by atoms with E-state index in [1.807, 2.05) is 0 Å². The smallest absolute Gasteiger partial charge is 0.261 e. The summed E-state index contributed by atoms with van der Waals surface area (Å²) in [5.74, 6) is 5.24. The molecule has 21 heavy (non-hydrogen) atoms. The number of carbonyl (C=O) groups excluding carboxylic acids is 2. The van der Waals surface area contributed by atoms with Gasteiger partial charge in [0, 0.05) is 18.7 Å². The SMILES string of the molecule is CC#Cc1ccc2c(c1)C(=O)N(CCCCCCO)C2=O. The van der Waals surface area contributed by atoms with Crippen LogP contribution in [0.2, 0.25) is 0 Å². The summed E-state index contributed by atoms with van der Waals surface area (Å²) in [4.78, 5) is 25.8. The van der Waals surface area contributed by atoms with E-state index in [9.17, 15) is 9.59 Å². The van der Waals surface area contributed by atoms with E-state index >= 15 is 0 Å². The van der Waals surface area contributed by atoms with Crippen LogP contribution < -0.4 is 0 Å². The van der Waals surface area contributed by atoms with Gasteiger partial charge in [-0.3, -0.25) is 14.5 Å². The van der Waals surface area contributed by atoms with Crippen LogP contribution in [0.3, 0.4) is 0 Å². The number of imide groups is 1. The zero-order chi connectivity index (χ0) is 15.2. The maximum Gasteiger partial charge on any atom is 0.261 e. The van der Waals surface area contributed by atoms with Gasteiger partial charge in [0.25, 0.3) is 11.8 Å². The molecule has 1 aliphatic heterocycles. The highest BCUT2D eigenvalue weighted by Crippen LogP contribution is 2.24. The largest absolute Gasteiger partial charge is 0.396 e. The van der Waals surface area contributed by atoms with E-state index < -0.39 is 0 Å². The summed E-state index contributed by atoms with van der Waals surface area (Å²) in [6, 6.07) is 5.14. The van der Waals surface area contributed by atoms with Crippen LogP contribution >= 0.6 is 0 Å². The molecule has 0 aliphatic carbocycles. The number of benzene rings is 1. The molecule has 4 nitrogen and oxygen atoms in total. The van der Waals surface area contributed by atoms with Crippen molar-refractivity contribution < 1.29 is 14.7 Å². The normalized spacial score (nSPS) is 13.1. The molecular formula is C17H19NO3. The van der Waals surface area contributed by atoms with E-state index in [1.54, 1.807) is 25.1 Å². The number of carbonyl (C=O) groups is 2. The number of aliphatic hydroxyl groups excluding tert-OH is 1. The predicted octanol–water partition coefficient (Wildman–Crippen LogP) is 2.21. The number of rotatable bonds is 6. The Kier molecular flexibility index (Phi) is 5.13. The standard InChI is InChI=1S/C17H19NO3/c1-2-7-13-8-9-14-15(12-13)17(21)18(16(14)20)10-5-3-4-6-11-19/h8-9,12,19H,3-6,10-11H2,1H3. The summed E-state index contributed by atoms with van der Waals surface area (Å²) in [5.41, 5.74) is 1.68. The first kappa shape index (κ1) is 15.3. The highest BCUT2D eigenvalue weighted by atomic mass is 16.3. The van der Waals surface area contributed by atoms with Crippen molar-refractivity contribution in [1.29, 1.82) is 0 Å². The molecule has 1 aromatic rings. The molecule has 0 saturated heterocycles. The van der Waals surface area contributed by atoms with Crippen LogP contribution in [0, 0.1) is 11.8 Å². The third-order valence-electron chi connectivity index (χ3n) is 3.53. The van der Waals surface area contributed by atoms with Gasteiger partial charge >= 0.3 is 0 Å². The molecule has 0 spiro atoms. The molecule has 0 fully saturated rings. The Bertz CT molecular complexity index is 610. The molecule has 1 aromatic carbocycles. The minimum atomic E-state index is -0.225. The zero-order valence-electron chi connectivity index (χ0n) is 12.2. The number of amides is 2. The Morgan fingerprint density at radius 2 is 1.76 bits per heavy atom. The highest BCUT2D eigenvalue weighted by molar-refractivity contribution is 6.21. The maximum atomic E-state index is 12.3. The lowest BCUT2D eigenvalue weighted by molar-refractivity contribution is 0.0651. The molecule has 0 bridgehead atoms. The van der Waals surface area contributed by atoms with E-state index in [0.717, 1.165) is 31.2 Å². The van der Waals surface area contributed by atoms with Crippen LogP contribution in [0.1, 0.15) is 58.9 Å². The highest BCUT2D eigenvalue weighted by Gasteiger charge is 2.34. The van der Waals surface area contributed by atoms with Gasteiger partial charge in [-0.1, -0.05) is 18.8 Å². The molecule has 1 aliphatic rings. The number of aliphatic hydroxyl groups is 1. The summed E-state index contributed by atoms with van der Waals surface area (Å²) < 4.78 is 0. The molecule has 4 heteroatoms. The van der Waals surface area contributed by atoms with Crippen LogP contribution in [0.25, 0.3) is 0 Å². The van der Waals surface area contributed by atoms with Gasteiger partial charge in [0.2, 0.25) is 0 Å². The van der Waals surface area contributed by atoms with Crippen molar-refractivity contribution in [2.75, 3.05) is 13.2 Å². The topological polar surface area (TPSA) is 57.6 Å². The second-order valence-corrected chi connectivity index (χ2v) is 5.04. The Morgan fingerprint density at radius 3 is 2.48 bits per heavy atom. The first-order valence-electron chi connectivity index (χ1n) is 7.23. The monoisotopic (exact) mass is 285 g/mol. The zero-order valence-corrected chi connectivity index (χ0v) is 12.2. The third-order valence-corrected chi connectivity index (χ3v) is 3.53. The van der Waals surface area contributed by atoms with Crippen molar-refractivity contribution in [2.45, 2.75) is 32.6 Å². The molecule has 1 N–H and O–H groups in total. The molecule has 0 unspecified atom stereocenters. The Hall–Kier alpha value is -2.12. The van der Waals surface area contributed by atoms with Gasteiger partial charge in [0.15, 0.2) is 0 Å². The van der Waals surface area contributed by atoms with E-state index in [0.29, 0.717) is 17.7 Å². The fourth-order valence-corrected chi connectivity index (χ4v) is 2.45. The van der Waals surface area contributed by atoms with E-state index in [1.165, 1.54) is 4.90 Å². The molecule has 1 heterocycles. The van der Waals surface area contributed by atoms with Crippen molar-refractivity contribution in [3.8, 4) is 11.8 Å². The fourth-order valence-electron chi connectivity index (χ4n) is 2.45. The number of hydrogen-bond donors (Lipinski definition) is 1. The van der Waals surface area contributed by atoms with Gasteiger partial charge < -0.3 is 5.11 Å². The molecule has 0 saturated carbocycles. The lowest BCUT2D eigenvalue weighted by Gasteiger charge is -2.13. The third kappa shape index (κ3) is 3.32. The van der Waals surface area contributed by atoms with Gasteiger partial charge in [-0.25, -0.2) is 0 Å². The van der Waals surface area contributed by atoms with Crippen LogP contribution in [-0.2, 0) is 0 Å². The van der Waals surface area contributed by atoms with E-state index in [4.69, 9.17) is 5.11 Å². The summed E-state index contributed by atoms with van der Waals surface area (Å²) in [5, 5.41) is 8.72. The van der Waals surface area contributed by atoms with Gasteiger partial charge in [0.1, 0.15) is 0 Å². The molecule has 0 radical (unpaired) electrons. The predicted molar refractivity (Wildman–Crippen MR) is 79.9 cm³/mol. The Balaban J connectivity index is 2.05. The summed E-state index contributed by atoms with van der Waals surface area (Å²) in [7, 11) is 0. The van der Waals surface area contributed by atoms with Crippen molar-refractivity contribution >= 4 is 11.8 Å². The molecule has 2 rings (SSSR count). The number of unbranched alkanes of at least 4 members (excludes halogenated alkanes) is 3. The van der Waals surface area contributed by atoms with E-state index in [2.05, 4.69) is 11.8 Å². The first-order valence-corrected chi connectivity index (χ1v) is 7.23. The Labute approximate surface area is 124 Å². The van der Waals surface area contributed by atoms with Crippen molar-refractivity contribution in [2.24, 2.45) is 0 Å². The molecule has 0 aromatic heterocycles. The van der Waals surface area contributed by atoms with Gasteiger partial charge in [-0.15, -0.1) is 5.92 Å². The van der Waals surface area contributed by atoms with Crippen LogP contribution in [0.15, 0.2) is 18.2 Å². The lowest BCUT2D eigenvalue weighted by Crippen LogP contribution is -2.30. The lowest BCUT2D eigenvalue weighted by atomic mass is 10.1. The second-order valence-electron chi connectivity index (χ2n) is 5.04. The maximum absolute atomic E-state index is 12.3. The summed E-state index contributed by atoms with van der Waals surface area (Å²) >= 11 is 0. The average molecular weight is 285 g/mol. The fraction of sp³-hybridized carbons (Fsp3) is 0.412. The van der Waals surface area contributed by atoms with Gasteiger partial charge in [0.05, 0.1) is 11.1 Å². The number of hydrogen-bond acceptors (Lipinski definition) is 3. The Morgan fingerprint density at radius 1 is 1.05 bits per heavy atom. The van der Waals surface area contributed by atoms with Crippen LogP contribution in [-0.4, -0.2) is 35.0 Å². The van der Waals surface area contributed by atoms with Crippen molar-refractivity contribution in [3.05, 3.63) is 34.9 Å². The molecule has 110 valence electrons. The van der Waals surface area contributed by atoms with Crippen molar-refractivity contribution in [3.63, 3.8) is 0 Å². The second kappa shape index (κ2) is 7.05. The van der Waals surface area contributed by atoms with Crippen LogP contribution in [0.5, 0.6) is 0 Å². The molecular weight excluding hydrogens is 266 g/mol. The number of fused-ring (bicyclic) bond motifs is 1. The average Bonchev–Trinajstić information content (AvgIpc) is 2.72. The quantitative estimate of drug-likeness (QED) is 0.495. The molecule has 2 amide bonds. The molecule has 0 atom stereocenters. The minimum absolute atomic E-state index is 0.189. The minimum Gasteiger partial charge on any atom is -0.396 e. The van der Waals surface area contributed by atoms with Crippen LogP contribution in [0.4, 0.5) is 0 Å². The summed E-state index contributed by atoms with van der Waals surface area (Å²) in [6.07, 6.45) is 3.35. The number of nitrogens with zero attached hydrogens (tertiary/aromatic N) is 1. The van der Waals surface area contributed by atoms with E-state index in [-0.39, 0.29) is 18.4 Å². The summed E-state index contributed by atoms with van der Waals surface area (Å²) in [6.45, 7) is 2.36. The van der Waals surface area contributed by atoms with Gasteiger partial charge in [-0.05, 0) is 38.0 Å².